The first-order valence-corrected chi connectivity index (χ1v) is 9.00. The van der Waals surface area contributed by atoms with Crippen LogP contribution in [0, 0.1) is 12.8 Å². The molecule has 1 aliphatic carbocycles. The molecule has 0 bridgehead atoms. The van der Waals surface area contributed by atoms with Crippen LogP contribution in [0.3, 0.4) is 0 Å². The van der Waals surface area contributed by atoms with Gasteiger partial charge < -0.3 is 9.88 Å². The van der Waals surface area contributed by atoms with E-state index in [9.17, 15) is 9.59 Å². The molecule has 1 fully saturated rings. The number of carbonyl (C=O) groups excluding carboxylic acids is 1. The summed E-state index contributed by atoms with van der Waals surface area (Å²) in [6.45, 7) is 5.03. The van der Waals surface area contributed by atoms with Crippen LogP contribution < -0.4 is 5.56 Å². The highest BCUT2D eigenvalue weighted by Gasteiger charge is 2.25. The lowest BCUT2D eigenvalue weighted by molar-refractivity contribution is -0.137. The van der Waals surface area contributed by atoms with E-state index in [4.69, 9.17) is 0 Å². The molecule has 1 heterocycles. The molecule has 24 heavy (non-hydrogen) atoms. The maximum atomic E-state index is 12.8. The number of hydrogen-bond donors (Lipinski definition) is 1. The van der Waals surface area contributed by atoms with Crippen LogP contribution in [-0.4, -0.2) is 22.3 Å². The Bertz CT molecular complexity index is 788. The third-order valence-corrected chi connectivity index (χ3v) is 5.09. The number of carbonyl (C=O) groups is 1. The van der Waals surface area contributed by atoms with Gasteiger partial charge in [0.2, 0.25) is 5.91 Å². The Labute approximate surface area is 142 Å². The summed E-state index contributed by atoms with van der Waals surface area (Å²) in [4.78, 5) is 30.0. The Morgan fingerprint density at radius 2 is 1.96 bits per heavy atom. The molecule has 1 saturated carbocycles. The molecule has 1 aromatic carbocycles. The van der Waals surface area contributed by atoms with Gasteiger partial charge in [0.15, 0.2) is 0 Å². The second kappa shape index (κ2) is 7.20. The van der Waals surface area contributed by atoms with E-state index in [0.717, 1.165) is 42.1 Å². The molecule has 1 amide bonds. The first-order valence-electron chi connectivity index (χ1n) is 9.00. The second-order valence-corrected chi connectivity index (χ2v) is 6.90. The lowest BCUT2D eigenvalue weighted by Crippen LogP contribution is -2.37. The fourth-order valence-electron chi connectivity index (χ4n) is 3.64. The van der Waals surface area contributed by atoms with Crippen LogP contribution in [-0.2, 0) is 11.3 Å². The van der Waals surface area contributed by atoms with Gasteiger partial charge in [0.25, 0.3) is 5.56 Å². The predicted octanol–water partition coefficient (Wildman–Crippen LogP) is 3.77. The summed E-state index contributed by atoms with van der Waals surface area (Å²) in [5.41, 5.74) is 2.54. The Balaban J connectivity index is 1.83. The summed E-state index contributed by atoms with van der Waals surface area (Å²) in [6.07, 6.45) is 5.50. The normalized spacial score (nSPS) is 15.6. The van der Waals surface area contributed by atoms with Gasteiger partial charge in [0.1, 0.15) is 0 Å². The van der Waals surface area contributed by atoms with E-state index >= 15 is 0 Å². The van der Waals surface area contributed by atoms with E-state index in [0.29, 0.717) is 18.7 Å². The molecule has 0 saturated heterocycles. The van der Waals surface area contributed by atoms with E-state index < -0.39 is 0 Å². The van der Waals surface area contributed by atoms with Crippen molar-refractivity contribution in [2.45, 2.75) is 52.5 Å². The fraction of sp³-hybridized carbons (Fsp3) is 0.500. The summed E-state index contributed by atoms with van der Waals surface area (Å²) in [7, 11) is 0. The van der Waals surface area contributed by atoms with Crippen LogP contribution in [0.4, 0.5) is 0 Å². The van der Waals surface area contributed by atoms with Crippen molar-refractivity contribution in [2.24, 2.45) is 5.92 Å². The maximum Gasteiger partial charge on any atom is 0.253 e. The largest absolute Gasteiger partial charge is 0.338 e. The molecule has 1 aliphatic rings. The van der Waals surface area contributed by atoms with Gasteiger partial charge in [0.05, 0.1) is 6.54 Å². The molecular weight excluding hydrogens is 300 g/mol. The number of pyridine rings is 1. The SMILES string of the molecule is CCN(Cc1cc2ccc(C)cc2[nH]c1=O)C(=O)C1CCCCC1. The van der Waals surface area contributed by atoms with Gasteiger partial charge in [-0.15, -0.1) is 0 Å². The van der Waals surface area contributed by atoms with Crippen molar-refractivity contribution in [1.82, 2.24) is 9.88 Å². The number of aromatic amines is 1. The van der Waals surface area contributed by atoms with Crippen molar-refractivity contribution >= 4 is 16.8 Å². The lowest BCUT2D eigenvalue weighted by Gasteiger charge is -2.28. The summed E-state index contributed by atoms with van der Waals surface area (Å²) in [5, 5.41) is 1.01. The number of rotatable bonds is 4. The van der Waals surface area contributed by atoms with E-state index in [1.807, 2.05) is 43.0 Å². The van der Waals surface area contributed by atoms with Crippen LogP contribution in [0.15, 0.2) is 29.1 Å². The number of H-pyrrole nitrogens is 1. The van der Waals surface area contributed by atoms with E-state index in [1.165, 1.54) is 6.42 Å². The van der Waals surface area contributed by atoms with Gasteiger partial charge in [0, 0.05) is 23.5 Å². The molecule has 3 rings (SSSR count). The average Bonchev–Trinajstić information content (AvgIpc) is 2.60. The Kier molecular flexibility index (Phi) is 5.03. The Morgan fingerprint density at radius 1 is 1.21 bits per heavy atom. The van der Waals surface area contributed by atoms with Gasteiger partial charge in [-0.1, -0.05) is 31.4 Å². The van der Waals surface area contributed by atoms with Crippen molar-refractivity contribution in [1.29, 1.82) is 0 Å². The molecule has 2 aromatic rings. The van der Waals surface area contributed by atoms with Crippen molar-refractivity contribution in [3.8, 4) is 0 Å². The van der Waals surface area contributed by atoms with Crippen molar-refractivity contribution in [2.75, 3.05) is 6.54 Å². The van der Waals surface area contributed by atoms with E-state index in [-0.39, 0.29) is 17.4 Å². The van der Waals surface area contributed by atoms with Crippen molar-refractivity contribution < 1.29 is 4.79 Å². The average molecular weight is 326 g/mol. The first-order chi connectivity index (χ1) is 11.6. The number of nitrogens with one attached hydrogen (secondary N) is 1. The lowest BCUT2D eigenvalue weighted by atomic mass is 9.88. The summed E-state index contributed by atoms with van der Waals surface area (Å²) in [6, 6.07) is 7.95. The van der Waals surface area contributed by atoms with Gasteiger partial charge in [-0.25, -0.2) is 0 Å². The maximum absolute atomic E-state index is 12.8. The van der Waals surface area contributed by atoms with E-state index in [1.54, 1.807) is 0 Å². The number of fused-ring (bicyclic) bond motifs is 1. The molecule has 0 spiro atoms. The minimum Gasteiger partial charge on any atom is -0.338 e. The molecular formula is C20H26N2O2. The summed E-state index contributed by atoms with van der Waals surface area (Å²) >= 11 is 0. The molecule has 0 radical (unpaired) electrons. The molecule has 0 aliphatic heterocycles. The smallest absolute Gasteiger partial charge is 0.253 e. The van der Waals surface area contributed by atoms with Gasteiger partial charge in [-0.2, -0.15) is 0 Å². The Hall–Kier alpha value is -2.10. The highest BCUT2D eigenvalue weighted by atomic mass is 16.2. The fourth-order valence-corrected chi connectivity index (χ4v) is 3.64. The minimum atomic E-state index is -0.0944. The third kappa shape index (κ3) is 3.53. The highest BCUT2D eigenvalue weighted by Crippen LogP contribution is 2.26. The third-order valence-electron chi connectivity index (χ3n) is 5.09. The molecule has 4 nitrogen and oxygen atoms in total. The minimum absolute atomic E-state index is 0.0944. The highest BCUT2D eigenvalue weighted by molar-refractivity contribution is 5.81. The van der Waals surface area contributed by atoms with Crippen LogP contribution in [0.5, 0.6) is 0 Å². The molecule has 4 heteroatoms. The summed E-state index contributed by atoms with van der Waals surface area (Å²) < 4.78 is 0. The number of benzene rings is 1. The van der Waals surface area contributed by atoms with Crippen LogP contribution >= 0.6 is 0 Å². The van der Waals surface area contributed by atoms with E-state index in [2.05, 4.69) is 4.98 Å². The molecule has 1 aromatic heterocycles. The topological polar surface area (TPSA) is 53.2 Å². The molecule has 1 N–H and O–H groups in total. The number of hydrogen-bond acceptors (Lipinski definition) is 2. The molecule has 128 valence electrons. The van der Waals surface area contributed by atoms with Crippen LogP contribution in [0.1, 0.15) is 50.2 Å². The summed E-state index contributed by atoms with van der Waals surface area (Å²) in [5.74, 6) is 0.349. The quantitative estimate of drug-likeness (QED) is 0.930. The van der Waals surface area contributed by atoms with Crippen molar-refractivity contribution in [3.63, 3.8) is 0 Å². The van der Waals surface area contributed by atoms with Crippen LogP contribution in [0.25, 0.3) is 10.9 Å². The molecule has 0 unspecified atom stereocenters. The zero-order valence-corrected chi connectivity index (χ0v) is 14.6. The number of amides is 1. The Morgan fingerprint density at radius 3 is 2.67 bits per heavy atom. The second-order valence-electron chi connectivity index (χ2n) is 6.90. The number of nitrogens with zero attached hydrogens (tertiary/aromatic N) is 1. The van der Waals surface area contributed by atoms with Crippen LogP contribution in [0.2, 0.25) is 0 Å². The monoisotopic (exact) mass is 326 g/mol. The van der Waals surface area contributed by atoms with Crippen molar-refractivity contribution in [3.05, 3.63) is 45.7 Å². The number of aromatic nitrogens is 1. The van der Waals surface area contributed by atoms with Gasteiger partial charge in [-0.05, 0) is 49.8 Å². The predicted molar refractivity (Wildman–Crippen MR) is 97.0 cm³/mol. The first kappa shape index (κ1) is 16.7. The van der Waals surface area contributed by atoms with Gasteiger partial charge >= 0.3 is 0 Å². The zero-order chi connectivity index (χ0) is 17.1. The van der Waals surface area contributed by atoms with Gasteiger partial charge in [-0.3, -0.25) is 9.59 Å². The standard InChI is InChI=1S/C20H26N2O2/c1-3-22(20(24)15-7-5-4-6-8-15)13-17-12-16-10-9-14(2)11-18(16)21-19(17)23/h9-12,15H,3-8,13H2,1-2H3,(H,21,23). The zero-order valence-electron chi connectivity index (χ0n) is 14.6. The molecule has 0 atom stereocenters. The number of aryl methyl sites for hydroxylation is 1.